The van der Waals surface area contributed by atoms with Gasteiger partial charge in [0.2, 0.25) is 6.10 Å². The molecule has 1 unspecified atom stereocenters. The summed E-state index contributed by atoms with van der Waals surface area (Å²) in [4.78, 5) is 23.3. The molecule has 0 spiro atoms. The summed E-state index contributed by atoms with van der Waals surface area (Å²) >= 11 is 0. The number of rotatable bonds is 7. The number of carbonyl (C=O) groups is 1. The highest BCUT2D eigenvalue weighted by Crippen LogP contribution is 2.31. The van der Waals surface area contributed by atoms with E-state index in [2.05, 4.69) is 58.6 Å². The van der Waals surface area contributed by atoms with Crippen molar-refractivity contribution in [3.8, 4) is 11.5 Å². The monoisotopic (exact) mass is 485 g/mol. The zero-order valence-electron chi connectivity index (χ0n) is 20.7. The lowest BCUT2D eigenvalue weighted by Crippen LogP contribution is -2.52. The maximum Gasteiger partial charge on any atom is 0.266 e. The molecule has 1 fully saturated rings. The van der Waals surface area contributed by atoms with E-state index in [4.69, 9.17) is 14.3 Å². The van der Waals surface area contributed by atoms with Gasteiger partial charge in [-0.25, -0.2) is 0 Å². The summed E-state index contributed by atoms with van der Waals surface area (Å²) in [6.07, 6.45) is -0.222. The van der Waals surface area contributed by atoms with Crippen molar-refractivity contribution >= 4 is 11.6 Å². The van der Waals surface area contributed by atoms with Crippen molar-refractivity contribution in [2.75, 3.05) is 40.4 Å². The van der Waals surface area contributed by atoms with E-state index < -0.39 is 6.10 Å². The van der Waals surface area contributed by atoms with E-state index in [1.165, 1.54) is 11.1 Å². The molecule has 186 valence electrons. The van der Waals surface area contributed by atoms with E-state index in [-0.39, 0.29) is 11.9 Å². The van der Waals surface area contributed by atoms with Crippen molar-refractivity contribution in [3.63, 3.8) is 0 Å². The Kier molecular flexibility index (Phi) is 7.18. The summed E-state index contributed by atoms with van der Waals surface area (Å²) in [5.41, 5.74) is 3.99. The number of methoxy groups -OCH3 is 2. The lowest BCUT2D eigenvalue weighted by atomic mass is 9.96. The van der Waals surface area contributed by atoms with Crippen LogP contribution < -0.4 is 9.47 Å². The fourth-order valence-corrected chi connectivity index (χ4v) is 5.00. The number of hydrogen-bond donors (Lipinski definition) is 0. The Morgan fingerprint density at radius 2 is 1.53 bits per heavy atom. The first-order valence-corrected chi connectivity index (χ1v) is 12.3. The molecule has 2 heterocycles. The second kappa shape index (κ2) is 10.8. The highest BCUT2D eigenvalue weighted by atomic mass is 16.6. The quantitative estimate of drug-likeness (QED) is 0.504. The SMILES string of the molecule is COc1ccc(OC)c(C2=NOC(C(=O)N3CCN(C(c4ccccc4)c4ccccc4)CC3)C2)c1. The zero-order chi connectivity index (χ0) is 24.9. The Balaban J connectivity index is 1.24. The Bertz CT molecular complexity index is 1170. The molecule has 1 amide bonds. The van der Waals surface area contributed by atoms with Gasteiger partial charge in [0.1, 0.15) is 11.5 Å². The van der Waals surface area contributed by atoms with E-state index >= 15 is 0 Å². The third-order valence-corrected chi connectivity index (χ3v) is 6.88. The van der Waals surface area contributed by atoms with E-state index in [0.717, 1.165) is 18.7 Å². The van der Waals surface area contributed by atoms with E-state index in [1.54, 1.807) is 14.2 Å². The van der Waals surface area contributed by atoms with E-state index in [1.807, 2.05) is 35.2 Å². The topological polar surface area (TPSA) is 63.6 Å². The summed E-state index contributed by atoms with van der Waals surface area (Å²) in [5, 5.41) is 4.23. The van der Waals surface area contributed by atoms with E-state index in [9.17, 15) is 4.79 Å². The van der Waals surface area contributed by atoms with Gasteiger partial charge in [0, 0.05) is 38.2 Å². The van der Waals surface area contributed by atoms with Crippen LogP contribution in [0.2, 0.25) is 0 Å². The van der Waals surface area contributed by atoms with Crippen LogP contribution >= 0.6 is 0 Å². The maximum atomic E-state index is 13.3. The van der Waals surface area contributed by atoms with Crippen molar-refractivity contribution in [2.24, 2.45) is 5.16 Å². The molecule has 0 bridgehead atoms. The number of ether oxygens (including phenoxy) is 2. The van der Waals surface area contributed by atoms with Crippen LogP contribution in [0.5, 0.6) is 11.5 Å². The lowest BCUT2D eigenvalue weighted by molar-refractivity contribution is -0.144. The highest BCUT2D eigenvalue weighted by Gasteiger charge is 2.36. The molecular formula is C29H31N3O4. The summed E-state index contributed by atoms with van der Waals surface area (Å²) in [7, 11) is 3.23. The molecule has 0 saturated carbocycles. The second-order valence-corrected chi connectivity index (χ2v) is 8.99. The van der Waals surface area contributed by atoms with Gasteiger partial charge in [0.25, 0.3) is 5.91 Å². The summed E-state index contributed by atoms with van der Waals surface area (Å²) in [6.45, 7) is 2.86. The number of nitrogens with zero attached hydrogens (tertiary/aromatic N) is 3. The minimum atomic E-state index is -0.624. The number of piperazine rings is 1. The average Bonchev–Trinajstić information content (AvgIpc) is 3.44. The van der Waals surface area contributed by atoms with Crippen LogP contribution in [0.4, 0.5) is 0 Å². The van der Waals surface area contributed by atoms with Crippen LogP contribution in [0.1, 0.15) is 29.2 Å². The smallest absolute Gasteiger partial charge is 0.266 e. The van der Waals surface area contributed by atoms with Crippen LogP contribution in [-0.4, -0.2) is 67.9 Å². The first-order chi connectivity index (χ1) is 17.7. The maximum absolute atomic E-state index is 13.3. The van der Waals surface area contributed by atoms with Crippen molar-refractivity contribution < 1.29 is 19.1 Å². The van der Waals surface area contributed by atoms with Gasteiger partial charge in [0.05, 0.1) is 26.0 Å². The summed E-state index contributed by atoms with van der Waals surface area (Å²) in [5.74, 6) is 1.35. The zero-order valence-corrected chi connectivity index (χ0v) is 20.7. The summed E-state index contributed by atoms with van der Waals surface area (Å²) in [6, 6.07) is 26.8. The van der Waals surface area contributed by atoms with Crippen molar-refractivity contribution in [1.82, 2.24) is 9.80 Å². The van der Waals surface area contributed by atoms with Crippen LogP contribution in [0.3, 0.4) is 0 Å². The molecule has 0 N–H and O–H groups in total. The molecule has 0 aliphatic carbocycles. The largest absolute Gasteiger partial charge is 0.497 e. The Morgan fingerprint density at radius 1 is 0.889 bits per heavy atom. The minimum absolute atomic E-state index is 0.0220. The number of benzene rings is 3. The molecule has 7 nitrogen and oxygen atoms in total. The minimum Gasteiger partial charge on any atom is -0.497 e. The first kappa shape index (κ1) is 23.9. The van der Waals surface area contributed by atoms with Gasteiger partial charge in [-0.15, -0.1) is 0 Å². The van der Waals surface area contributed by atoms with Gasteiger partial charge in [-0.2, -0.15) is 0 Å². The molecular weight excluding hydrogens is 454 g/mol. The van der Waals surface area contributed by atoms with Gasteiger partial charge < -0.3 is 19.2 Å². The van der Waals surface area contributed by atoms with Crippen LogP contribution in [0, 0.1) is 0 Å². The van der Waals surface area contributed by atoms with Crippen LogP contribution in [-0.2, 0) is 9.63 Å². The fraction of sp³-hybridized carbons (Fsp3) is 0.310. The first-order valence-electron chi connectivity index (χ1n) is 12.3. The molecule has 36 heavy (non-hydrogen) atoms. The molecule has 2 aliphatic heterocycles. The average molecular weight is 486 g/mol. The van der Waals surface area contributed by atoms with E-state index in [0.29, 0.717) is 36.7 Å². The number of amides is 1. The second-order valence-electron chi connectivity index (χ2n) is 8.99. The molecule has 0 aromatic heterocycles. The number of hydrogen-bond acceptors (Lipinski definition) is 6. The van der Waals surface area contributed by atoms with Gasteiger partial charge >= 0.3 is 0 Å². The molecule has 3 aromatic carbocycles. The third-order valence-electron chi connectivity index (χ3n) is 6.88. The lowest BCUT2D eigenvalue weighted by Gasteiger charge is -2.40. The molecule has 1 saturated heterocycles. The normalized spacial score (nSPS) is 18.0. The third kappa shape index (κ3) is 4.93. The molecule has 3 aromatic rings. The van der Waals surface area contributed by atoms with Crippen LogP contribution in [0.25, 0.3) is 0 Å². The molecule has 0 radical (unpaired) electrons. The number of oxime groups is 1. The van der Waals surface area contributed by atoms with Crippen LogP contribution in [0.15, 0.2) is 84.0 Å². The van der Waals surface area contributed by atoms with Crippen molar-refractivity contribution in [1.29, 1.82) is 0 Å². The Morgan fingerprint density at radius 3 is 2.11 bits per heavy atom. The van der Waals surface area contributed by atoms with Crippen molar-refractivity contribution in [2.45, 2.75) is 18.6 Å². The van der Waals surface area contributed by atoms with Gasteiger partial charge in [0.15, 0.2) is 0 Å². The molecule has 2 aliphatic rings. The van der Waals surface area contributed by atoms with Crippen molar-refractivity contribution in [3.05, 3.63) is 95.6 Å². The highest BCUT2D eigenvalue weighted by molar-refractivity contribution is 6.06. The standard InChI is InChI=1S/C29H31N3O4/c1-34-23-13-14-26(35-2)24(19-23)25-20-27(36-30-25)29(33)32-17-15-31(16-18-32)28(21-9-5-3-6-10-21)22-11-7-4-8-12-22/h3-14,19,27-28H,15-18,20H2,1-2H3. The Hall–Kier alpha value is -3.84. The molecule has 7 heteroatoms. The fourth-order valence-electron chi connectivity index (χ4n) is 5.00. The Labute approximate surface area is 211 Å². The summed E-state index contributed by atoms with van der Waals surface area (Å²) < 4.78 is 10.8. The van der Waals surface area contributed by atoms with Gasteiger partial charge in [-0.3, -0.25) is 9.69 Å². The predicted molar refractivity (Wildman–Crippen MR) is 138 cm³/mol. The predicted octanol–water partition coefficient (Wildman–Crippen LogP) is 4.13. The molecule has 1 atom stereocenters. The van der Waals surface area contributed by atoms with Gasteiger partial charge in [-0.05, 0) is 29.3 Å². The number of carbonyl (C=O) groups excluding carboxylic acids is 1. The molecule has 5 rings (SSSR count). The van der Waals surface area contributed by atoms with Gasteiger partial charge in [-0.1, -0.05) is 65.8 Å².